The number of carbonyl (C=O) groups excluding carboxylic acids is 1. The third-order valence-electron chi connectivity index (χ3n) is 4.72. The molecule has 0 saturated carbocycles. The molecule has 0 radical (unpaired) electrons. The summed E-state index contributed by atoms with van der Waals surface area (Å²) in [6.45, 7) is 1.71. The number of nitriles is 1. The number of hydrogen-bond acceptors (Lipinski definition) is 5. The molecule has 0 fully saturated rings. The number of halogens is 3. The lowest BCUT2D eigenvalue weighted by Gasteiger charge is -2.28. The van der Waals surface area contributed by atoms with Crippen molar-refractivity contribution < 1.29 is 18.0 Å². The monoisotopic (exact) mass is 441 g/mol. The molecule has 3 aromatic rings. The molecule has 4 rings (SSSR count). The fourth-order valence-corrected chi connectivity index (χ4v) is 4.18. The van der Waals surface area contributed by atoms with Gasteiger partial charge in [0.25, 0.3) is 0 Å². The van der Waals surface area contributed by atoms with Crippen molar-refractivity contribution >= 4 is 22.9 Å². The van der Waals surface area contributed by atoms with Crippen LogP contribution >= 0.6 is 11.3 Å². The Bertz CT molecular complexity index is 1210. The van der Waals surface area contributed by atoms with Gasteiger partial charge >= 0.3 is 12.2 Å². The van der Waals surface area contributed by atoms with Gasteiger partial charge in [-0.3, -0.25) is 4.98 Å². The van der Waals surface area contributed by atoms with E-state index >= 15 is 0 Å². The minimum Gasteiger partial charge on any atom is -0.327 e. The second kappa shape index (κ2) is 7.85. The molecule has 1 aliphatic heterocycles. The molecule has 31 heavy (non-hydrogen) atoms. The van der Waals surface area contributed by atoms with Crippen LogP contribution in [0.4, 0.5) is 18.0 Å². The number of allylic oxidation sites excluding steroid dienone is 1. The molecule has 1 aliphatic rings. The zero-order valence-electron chi connectivity index (χ0n) is 16.0. The molecule has 2 amide bonds. The molecule has 3 heterocycles. The van der Waals surface area contributed by atoms with Gasteiger partial charge in [0, 0.05) is 28.4 Å². The second-order valence-electron chi connectivity index (χ2n) is 6.77. The van der Waals surface area contributed by atoms with E-state index in [1.807, 2.05) is 5.38 Å². The molecule has 0 aliphatic carbocycles. The molecule has 0 spiro atoms. The molecule has 2 N–H and O–H groups in total. The van der Waals surface area contributed by atoms with Crippen molar-refractivity contribution in [1.29, 1.82) is 5.26 Å². The van der Waals surface area contributed by atoms with E-state index in [2.05, 4.69) is 26.7 Å². The summed E-state index contributed by atoms with van der Waals surface area (Å²) < 4.78 is 38.6. The minimum atomic E-state index is -4.55. The summed E-state index contributed by atoms with van der Waals surface area (Å²) in [7, 11) is 0. The Balaban J connectivity index is 1.71. The van der Waals surface area contributed by atoms with Gasteiger partial charge in [-0.1, -0.05) is 18.2 Å². The van der Waals surface area contributed by atoms with E-state index in [-0.39, 0.29) is 0 Å². The van der Waals surface area contributed by atoms with Crippen molar-refractivity contribution in [3.63, 3.8) is 0 Å². The number of pyridine rings is 1. The maximum atomic E-state index is 12.9. The number of benzene rings is 1. The molecule has 1 aromatic carbocycles. The number of alkyl halides is 3. The second-order valence-corrected chi connectivity index (χ2v) is 7.63. The SMILES string of the molecule is CC1=C(c2nc(-c3ccc(C#N)cc3)cs2)C(c2ccc(C(F)(F)F)nc2)NC(=O)N1. The van der Waals surface area contributed by atoms with Crippen molar-refractivity contribution in [2.75, 3.05) is 0 Å². The zero-order chi connectivity index (χ0) is 22.2. The largest absolute Gasteiger partial charge is 0.433 e. The Morgan fingerprint density at radius 1 is 1.16 bits per heavy atom. The van der Waals surface area contributed by atoms with Crippen molar-refractivity contribution in [3.8, 4) is 17.3 Å². The van der Waals surface area contributed by atoms with Gasteiger partial charge < -0.3 is 10.6 Å². The molecule has 1 unspecified atom stereocenters. The third kappa shape index (κ3) is 4.13. The molecule has 2 aromatic heterocycles. The summed E-state index contributed by atoms with van der Waals surface area (Å²) in [5.41, 5.74) is 2.64. The average molecular weight is 441 g/mol. The van der Waals surface area contributed by atoms with E-state index in [0.717, 1.165) is 17.8 Å². The van der Waals surface area contributed by atoms with Crippen molar-refractivity contribution in [2.24, 2.45) is 0 Å². The smallest absolute Gasteiger partial charge is 0.327 e. The Kier molecular flexibility index (Phi) is 5.20. The number of aromatic nitrogens is 2. The predicted octanol–water partition coefficient (Wildman–Crippen LogP) is 4.88. The highest BCUT2D eigenvalue weighted by atomic mass is 32.1. The van der Waals surface area contributed by atoms with E-state index in [1.54, 1.807) is 31.2 Å². The van der Waals surface area contributed by atoms with Crippen LogP contribution in [-0.4, -0.2) is 16.0 Å². The highest BCUT2D eigenvalue weighted by Crippen LogP contribution is 2.38. The van der Waals surface area contributed by atoms with Gasteiger partial charge in [-0.25, -0.2) is 9.78 Å². The number of carbonyl (C=O) groups is 1. The van der Waals surface area contributed by atoms with E-state index in [1.165, 1.54) is 17.4 Å². The summed E-state index contributed by atoms with van der Waals surface area (Å²) in [6, 6.07) is 10.0. The molecule has 1 atom stereocenters. The topological polar surface area (TPSA) is 90.7 Å². The van der Waals surface area contributed by atoms with Crippen molar-refractivity contribution in [3.05, 3.63) is 75.5 Å². The summed E-state index contributed by atoms with van der Waals surface area (Å²) in [4.78, 5) is 20.2. The lowest BCUT2D eigenvalue weighted by molar-refractivity contribution is -0.141. The molecular weight excluding hydrogens is 427 g/mol. The van der Waals surface area contributed by atoms with Crippen LogP contribution in [-0.2, 0) is 6.18 Å². The first-order chi connectivity index (χ1) is 14.8. The molecule has 0 saturated heterocycles. The summed E-state index contributed by atoms with van der Waals surface area (Å²) >= 11 is 1.35. The maximum absolute atomic E-state index is 12.9. The molecule has 10 heteroatoms. The highest BCUT2D eigenvalue weighted by Gasteiger charge is 2.34. The number of urea groups is 1. The van der Waals surface area contributed by atoms with Crippen LogP contribution in [0.3, 0.4) is 0 Å². The Hall–Kier alpha value is -3.71. The van der Waals surface area contributed by atoms with Gasteiger partial charge in [-0.2, -0.15) is 18.4 Å². The predicted molar refractivity (Wildman–Crippen MR) is 109 cm³/mol. The van der Waals surface area contributed by atoms with Gasteiger partial charge in [-0.05, 0) is 30.7 Å². The van der Waals surface area contributed by atoms with Crippen LogP contribution in [0.1, 0.15) is 34.8 Å². The number of nitrogens with zero attached hydrogens (tertiary/aromatic N) is 3. The van der Waals surface area contributed by atoms with Crippen LogP contribution in [0.5, 0.6) is 0 Å². The van der Waals surface area contributed by atoms with Crippen LogP contribution in [0.15, 0.2) is 53.7 Å². The summed E-state index contributed by atoms with van der Waals surface area (Å²) in [5.74, 6) is 0. The van der Waals surface area contributed by atoms with Gasteiger partial charge in [0.1, 0.15) is 10.7 Å². The summed E-state index contributed by atoms with van der Waals surface area (Å²) in [6.07, 6.45) is -3.43. The average Bonchev–Trinajstić information content (AvgIpc) is 3.22. The van der Waals surface area contributed by atoms with Crippen molar-refractivity contribution in [2.45, 2.75) is 19.1 Å². The van der Waals surface area contributed by atoms with Crippen LogP contribution in [0, 0.1) is 11.3 Å². The Labute approximate surface area is 179 Å². The zero-order valence-corrected chi connectivity index (χ0v) is 16.8. The third-order valence-corrected chi connectivity index (χ3v) is 5.60. The first-order valence-corrected chi connectivity index (χ1v) is 9.92. The van der Waals surface area contributed by atoms with Gasteiger partial charge in [0.15, 0.2) is 0 Å². The van der Waals surface area contributed by atoms with Gasteiger partial charge in [-0.15, -0.1) is 11.3 Å². The van der Waals surface area contributed by atoms with Gasteiger partial charge in [0.05, 0.1) is 23.4 Å². The quantitative estimate of drug-likeness (QED) is 0.606. The first kappa shape index (κ1) is 20.6. The molecule has 156 valence electrons. The number of amides is 2. The molecule has 6 nitrogen and oxygen atoms in total. The maximum Gasteiger partial charge on any atom is 0.433 e. The molecular formula is C21H14F3N5OS. The van der Waals surface area contributed by atoms with E-state index in [9.17, 15) is 18.0 Å². The fourth-order valence-electron chi connectivity index (χ4n) is 3.22. The summed E-state index contributed by atoms with van der Waals surface area (Å²) in [5, 5.41) is 16.8. The highest BCUT2D eigenvalue weighted by molar-refractivity contribution is 7.11. The van der Waals surface area contributed by atoms with E-state index in [4.69, 9.17) is 5.26 Å². The Morgan fingerprint density at radius 2 is 1.90 bits per heavy atom. The molecule has 0 bridgehead atoms. The lowest BCUT2D eigenvalue weighted by atomic mass is 9.97. The van der Waals surface area contributed by atoms with Crippen LogP contribution in [0.2, 0.25) is 0 Å². The van der Waals surface area contributed by atoms with Gasteiger partial charge in [0.2, 0.25) is 0 Å². The van der Waals surface area contributed by atoms with Crippen LogP contribution < -0.4 is 10.6 Å². The number of thiazole rings is 1. The van der Waals surface area contributed by atoms with Crippen LogP contribution in [0.25, 0.3) is 16.8 Å². The fraction of sp³-hybridized carbons (Fsp3) is 0.143. The lowest BCUT2D eigenvalue weighted by Crippen LogP contribution is -2.42. The van der Waals surface area contributed by atoms with Crippen molar-refractivity contribution in [1.82, 2.24) is 20.6 Å². The minimum absolute atomic E-state index is 0.410. The normalized spacial score (nSPS) is 16.5. The number of rotatable bonds is 3. The van der Waals surface area contributed by atoms with E-state index < -0.39 is 23.9 Å². The standard InChI is InChI=1S/C21H14F3N5OS/c1-11-17(19-28-15(10-31-19)13-4-2-12(8-25)3-5-13)18(29-20(30)27-11)14-6-7-16(26-9-14)21(22,23)24/h2-7,9-10,18H,1H3,(H2,27,29,30). The number of nitrogens with one attached hydrogen (secondary N) is 2. The van der Waals surface area contributed by atoms with E-state index in [0.29, 0.717) is 33.1 Å². The number of hydrogen-bond donors (Lipinski definition) is 2. The Morgan fingerprint density at radius 3 is 2.52 bits per heavy atom. The first-order valence-electron chi connectivity index (χ1n) is 9.04.